The van der Waals surface area contributed by atoms with Crippen LogP contribution in [-0.4, -0.2) is 73.8 Å². The third-order valence-electron chi connectivity index (χ3n) is 3.60. The van der Waals surface area contributed by atoms with Gasteiger partial charge in [0.15, 0.2) is 0 Å². The number of rotatable bonds is 9. The van der Waals surface area contributed by atoms with Gasteiger partial charge >= 0.3 is 0 Å². The third-order valence-corrected chi connectivity index (χ3v) is 4.75. The number of hydrogen-bond donors (Lipinski definition) is 0. The Morgan fingerprint density at radius 1 is 1.18 bits per heavy atom. The van der Waals surface area contributed by atoms with Crippen molar-refractivity contribution in [3.63, 3.8) is 0 Å². The summed E-state index contributed by atoms with van der Waals surface area (Å²) in [5, 5.41) is 0. The Bertz CT molecular complexity index is 182. The van der Waals surface area contributed by atoms with E-state index in [0.29, 0.717) is 0 Å². The largest absolute Gasteiger partial charge is 0.383 e. The minimum absolute atomic E-state index is 0.783. The average Bonchev–Trinajstić information content (AvgIpc) is 2.87. The van der Waals surface area contributed by atoms with E-state index in [0.717, 1.165) is 32.3 Å². The van der Waals surface area contributed by atoms with Crippen LogP contribution in [0.3, 0.4) is 0 Å². The van der Waals surface area contributed by atoms with Crippen molar-refractivity contribution in [2.24, 2.45) is 0 Å². The smallest absolute Gasteiger partial charge is 0.0589 e. The van der Waals surface area contributed by atoms with Crippen molar-refractivity contribution in [3.8, 4) is 0 Å². The Morgan fingerprint density at radius 3 is 2.47 bits per heavy atom. The van der Waals surface area contributed by atoms with Gasteiger partial charge in [0.1, 0.15) is 0 Å². The molecule has 102 valence electrons. The lowest BCUT2D eigenvalue weighted by atomic mass is 10.2. The zero-order valence-corrected chi connectivity index (χ0v) is 12.5. The van der Waals surface area contributed by atoms with Gasteiger partial charge < -0.3 is 9.64 Å². The van der Waals surface area contributed by atoms with Crippen LogP contribution >= 0.6 is 11.8 Å². The van der Waals surface area contributed by atoms with Crippen molar-refractivity contribution >= 4 is 11.8 Å². The summed E-state index contributed by atoms with van der Waals surface area (Å²) in [4.78, 5) is 5.13. The van der Waals surface area contributed by atoms with E-state index in [9.17, 15) is 0 Å². The van der Waals surface area contributed by atoms with Gasteiger partial charge in [-0.25, -0.2) is 0 Å². The molecule has 0 radical (unpaired) electrons. The maximum atomic E-state index is 5.23. The zero-order valence-electron chi connectivity index (χ0n) is 11.7. The molecule has 0 spiro atoms. The van der Waals surface area contributed by atoms with E-state index in [1.165, 1.54) is 31.0 Å². The topological polar surface area (TPSA) is 15.7 Å². The Morgan fingerprint density at radius 2 is 1.94 bits per heavy atom. The van der Waals surface area contributed by atoms with Gasteiger partial charge in [0.25, 0.3) is 0 Å². The summed E-state index contributed by atoms with van der Waals surface area (Å²) in [6.45, 7) is 11.1. The summed E-state index contributed by atoms with van der Waals surface area (Å²) < 4.78 is 5.23. The molecule has 1 fully saturated rings. The van der Waals surface area contributed by atoms with Gasteiger partial charge in [-0.05, 0) is 25.3 Å². The summed E-state index contributed by atoms with van der Waals surface area (Å²) in [6, 6.07) is 0.783. The van der Waals surface area contributed by atoms with E-state index in [1.54, 1.807) is 7.11 Å². The molecule has 3 nitrogen and oxygen atoms in total. The van der Waals surface area contributed by atoms with Gasteiger partial charge in [-0.3, -0.25) is 4.90 Å². The zero-order chi connectivity index (χ0) is 12.5. The molecule has 0 aliphatic carbocycles. The first-order valence-electron chi connectivity index (χ1n) is 6.84. The van der Waals surface area contributed by atoms with E-state index in [4.69, 9.17) is 4.74 Å². The molecule has 0 amide bonds. The van der Waals surface area contributed by atoms with Crippen molar-refractivity contribution in [2.45, 2.75) is 26.3 Å². The average molecular weight is 260 g/mol. The molecule has 0 saturated carbocycles. The molecule has 1 aliphatic heterocycles. The molecule has 1 atom stereocenters. The fraction of sp³-hybridized carbons (Fsp3) is 1.00. The summed E-state index contributed by atoms with van der Waals surface area (Å²) in [5.74, 6) is 2.64. The number of thioether (sulfide) groups is 1. The SMILES string of the molecule is CCN(CC)CCN(CCOC)[C@@H]1CCSC1. The van der Waals surface area contributed by atoms with Gasteiger partial charge in [-0.1, -0.05) is 13.8 Å². The lowest BCUT2D eigenvalue weighted by molar-refractivity contribution is 0.115. The lowest BCUT2D eigenvalue weighted by Gasteiger charge is -2.30. The molecule has 0 aromatic heterocycles. The molecule has 1 rings (SSSR count). The summed E-state index contributed by atoms with van der Waals surface area (Å²) in [6.07, 6.45) is 1.35. The molecule has 0 unspecified atom stereocenters. The van der Waals surface area contributed by atoms with Gasteiger partial charge in [-0.2, -0.15) is 11.8 Å². The van der Waals surface area contributed by atoms with Crippen LogP contribution in [0.1, 0.15) is 20.3 Å². The number of methoxy groups -OCH3 is 1. The molecule has 1 aliphatic rings. The maximum absolute atomic E-state index is 5.23. The van der Waals surface area contributed by atoms with Crippen molar-refractivity contribution in [3.05, 3.63) is 0 Å². The first-order chi connectivity index (χ1) is 8.31. The van der Waals surface area contributed by atoms with Crippen LogP contribution in [0.15, 0.2) is 0 Å². The van der Waals surface area contributed by atoms with Crippen molar-refractivity contribution in [2.75, 3.05) is 57.9 Å². The predicted octanol–water partition coefficient (Wildman–Crippen LogP) is 1.78. The van der Waals surface area contributed by atoms with Crippen LogP contribution < -0.4 is 0 Å². The summed E-state index contributed by atoms with van der Waals surface area (Å²) in [7, 11) is 1.80. The number of nitrogens with zero attached hydrogens (tertiary/aromatic N) is 2. The van der Waals surface area contributed by atoms with E-state index >= 15 is 0 Å². The molecule has 1 heterocycles. The minimum Gasteiger partial charge on any atom is -0.383 e. The Balaban J connectivity index is 2.33. The van der Waals surface area contributed by atoms with Crippen molar-refractivity contribution < 1.29 is 4.74 Å². The van der Waals surface area contributed by atoms with Gasteiger partial charge in [0, 0.05) is 38.5 Å². The summed E-state index contributed by atoms with van der Waals surface area (Å²) >= 11 is 2.09. The van der Waals surface area contributed by atoms with Gasteiger partial charge in [0.05, 0.1) is 6.61 Å². The standard InChI is InChI=1S/C13H28N2OS/c1-4-14(5-2)7-8-15(9-10-16-3)13-6-11-17-12-13/h13H,4-12H2,1-3H3/t13-/m1/s1. The molecule has 17 heavy (non-hydrogen) atoms. The highest BCUT2D eigenvalue weighted by molar-refractivity contribution is 7.99. The lowest BCUT2D eigenvalue weighted by Crippen LogP contribution is -2.42. The minimum atomic E-state index is 0.783. The fourth-order valence-corrected chi connectivity index (χ4v) is 3.56. The number of hydrogen-bond acceptors (Lipinski definition) is 4. The van der Waals surface area contributed by atoms with Crippen molar-refractivity contribution in [1.29, 1.82) is 0 Å². The normalized spacial score (nSPS) is 20.6. The monoisotopic (exact) mass is 260 g/mol. The highest BCUT2D eigenvalue weighted by Gasteiger charge is 2.22. The Kier molecular flexibility index (Phi) is 8.27. The first kappa shape index (κ1) is 15.3. The van der Waals surface area contributed by atoms with E-state index in [2.05, 4.69) is 35.4 Å². The van der Waals surface area contributed by atoms with E-state index < -0.39 is 0 Å². The second-order valence-electron chi connectivity index (χ2n) is 4.57. The van der Waals surface area contributed by atoms with Crippen LogP contribution in [0.5, 0.6) is 0 Å². The van der Waals surface area contributed by atoms with Crippen LogP contribution in [0, 0.1) is 0 Å². The fourth-order valence-electron chi connectivity index (χ4n) is 2.31. The molecular weight excluding hydrogens is 232 g/mol. The molecule has 0 N–H and O–H groups in total. The maximum Gasteiger partial charge on any atom is 0.0589 e. The highest BCUT2D eigenvalue weighted by atomic mass is 32.2. The molecule has 1 saturated heterocycles. The van der Waals surface area contributed by atoms with Crippen LogP contribution in [-0.2, 0) is 4.74 Å². The van der Waals surface area contributed by atoms with E-state index in [1.807, 2.05) is 0 Å². The number of ether oxygens (including phenoxy) is 1. The highest BCUT2D eigenvalue weighted by Crippen LogP contribution is 2.22. The molecule has 0 bridgehead atoms. The Hall–Kier alpha value is 0.230. The first-order valence-corrected chi connectivity index (χ1v) is 8.00. The van der Waals surface area contributed by atoms with Crippen LogP contribution in [0.25, 0.3) is 0 Å². The molecule has 4 heteroatoms. The molecular formula is C13H28N2OS. The molecule has 0 aromatic carbocycles. The van der Waals surface area contributed by atoms with Crippen LogP contribution in [0.2, 0.25) is 0 Å². The predicted molar refractivity (Wildman–Crippen MR) is 77.0 cm³/mol. The molecule has 0 aromatic rings. The number of likely N-dealkylation sites (N-methyl/N-ethyl adjacent to an activating group) is 1. The second-order valence-corrected chi connectivity index (χ2v) is 5.72. The quantitative estimate of drug-likeness (QED) is 0.628. The van der Waals surface area contributed by atoms with Crippen LogP contribution in [0.4, 0.5) is 0 Å². The Labute approximate surface area is 111 Å². The van der Waals surface area contributed by atoms with E-state index in [-0.39, 0.29) is 0 Å². The third kappa shape index (κ3) is 5.60. The van der Waals surface area contributed by atoms with Gasteiger partial charge in [-0.15, -0.1) is 0 Å². The van der Waals surface area contributed by atoms with Gasteiger partial charge in [0.2, 0.25) is 0 Å². The summed E-state index contributed by atoms with van der Waals surface area (Å²) in [5.41, 5.74) is 0. The second kappa shape index (κ2) is 9.20. The van der Waals surface area contributed by atoms with Crippen molar-refractivity contribution in [1.82, 2.24) is 9.80 Å².